The summed E-state index contributed by atoms with van der Waals surface area (Å²) in [5.74, 6) is 1.76. The van der Waals surface area contributed by atoms with Gasteiger partial charge in [0.15, 0.2) is 0 Å². The predicted octanol–water partition coefficient (Wildman–Crippen LogP) is 3.94. The molecule has 1 aliphatic heterocycles. The first-order chi connectivity index (χ1) is 11.6. The number of pyridine rings is 2. The van der Waals surface area contributed by atoms with Crippen LogP contribution >= 0.6 is 23.2 Å². The van der Waals surface area contributed by atoms with Crippen molar-refractivity contribution in [3.8, 4) is 0 Å². The minimum absolute atomic E-state index is 0.0459. The minimum atomic E-state index is 0.0459. The summed E-state index contributed by atoms with van der Waals surface area (Å²) in [4.78, 5) is 20.7. The molecule has 24 heavy (non-hydrogen) atoms. The van der Waals surface area contributed by atoms with Crippen LogP contribution in [-0.4, -0.2) is 29.1 Å². The number of rotatable bonds is 3. The Morgan fingerprint density at radius 2 is 2.04 bits per heavy atom. The van der Waals surface area contributed by atoms with Crippen molar-refractivity contribution in [3.63, 3.8) is 0 Å². The molecule has 2 aromatic heterocycles. The first kappa shape index (κ1) is 16.1. The highest BCUT2D eigenvalue weighted by Gasteiger charge is 2.47. The average Bonchev–Trinajstić information content (AvgIpc) is 3.36. The van der Waals surface area contributed by atoms with E-state index in [9.17, 15) is 4.79 Å². The third-order valence-electron chi connectivity index (χ3n) is 4.94. The van der Waals surface area contributed by atoms with E-state index in [0.717, 1.165) is 37.9 Å². The van der Waals surface area contributed by atoms with Crippen molar-refractivity contribution < 1.29 is 9.53 Å². The van der Waals surface area contributed by atoms with E-state index >= 15 is 0 Å². The van der Waals surface area contributed by atoms with E-state index < -0.39 is 0 Å². The SMILES string of the molecule is O=C(Nc1cc2cc(Cl)nc(Cl)c2cn1)[C@H]1CC1C1CCOCC1. The highest BCUT2D eigenvalue weighted by atomic mass is 35.5. The Hall–Kier alpha value is -1.43. The molecule has 2 aliphatic rings. The van der Waals surface area contributed by atoms with Crippen LogP contribution in [0.25, 0.3) is 10.8 Å². The van der Waals surface area contributed by atoms with Crippen LogP contribution in [0.3, 0.4) is 0 Å². The van der Waals surface area contributed by atoms with Crippen LogP contribution in [0, 0.1) is 17.8 Å². The fourth-order valence-corrected chi connectivity index (χ4v) is 4.04. The van der Waals surface area contributed by atoms with Crippen LogP contribution in [0.4, 0.5) is 5.82 Å². The molecule has 1 saturated heterocycles. The second-order valence-corrected chi connectivity index (χ2v) is 7.22. The van der Waals surface area contributed by atoms with Crippen LogP contribution in [0.1, 0.15) is 19.3 Å². The van der Waals surface area contributed by atoms with Gasteiger partial charge in [-0.05, 0) is 48.6 Å². The number of aromatic nitrogens is 2. The molecule has 4 rings (SSSR count). The first-order valence-electron chi connectivity index (χ1n) is 8.12. The summed E-state index contributed by atoms with van der Waals surface area (Å²) in [5.41, 5.74) is 0. The number of hydrogen-bond donors (Lipinski definition) is 1. The second-order valence-electron chi connectivity index (χ2n) is 6.47. The number of carbonyl (C=O) groups excluding carboxylic acids is 1. The number of amides is 1. The Balaban J connectivity index is 1.45. The molecule has 1 saturated carbocycles. The molecule has 0 bridgehead atoms. The van der Waals surface area contributed by atoms with Crippen molar-refractivity contribution in [2.45, 2.75) is 19.3 Å². The van der Waals surface area contributed by atoms with E-state index in [2.05, 4.69) is 15.3 Å². The van der Waals surface area contributed by atoms with Gasteiger partial charge in [-0.15, -0.1) is 0 Å². The van der Waals surface area contributed by atoms with E-state index in [1.165, 1.54) is 0 Å². The lowest BCUT2D eigenvalue weighted by Crippen LogP contribution is -2.21. The molecule has 0 radical (unpaired) electrons. The lowest BCUT2D eigenvalue weighted by Gasteiger charge is -2.21. The summed E-state index contributed by atoms with van der Waals surface area (Å²) < 4.78 is 5.39. The maximum Gasteiger partial charge on any atom is 0.228 e. The lowest BCUT2D eigenvalue weighted by atomic mass is 9.93. The molecule has 2 aromatic rings. The molecular formula is C17H17Cl2N3O2. The molecule has 7 heteroatoms. The minimum Gasteiger partial charge on any atom is -0.381 e. The maximum absolute atomic E-state index is 12.5. The van der Waals surface area contributed by atoms with Gasteiger partial charge in [-0.1, -0.05) is 23.2 Å². The van der Waals surface area contributed by atoms with Gasteiger partial charge in [-0.25, -0.2) is 9.97 Å². The van der Waals surface area contributed by atoms with Gasteiger partial charge in [-0.3, -0.25) is 4.79 Å². The summed E-state index contributed by atoms with van der Waals surface area (Å²) in [6, 6.07) is 3.49. The van der Waals surface area contributed by atoms with Crippen LogP contribution in [0.15, 0.2) is 18.3 Å². The van der Waals surface area contributed by atoms with E-state index in [1.54, 1.807) is 18.3 Å². The predicted molar refractivity (Wildman–Crippen MR) is 93.3 cm³/mol. The van der Waals surface area contributed by atoms with Gasteiger partial charge in [0.05, 0.1) is 0 Å². The summed E-state index contributed by atoms with van der Waals surface area (Å²) >= 11 is 12.0. The number of nitrogens with zero attached hydrogens (tertiary/aromatic N) is 2. The van der Waals surface area contributed by atoms with Crippen molar-refractivity contribution in [1.29, 1.82) is 0 Å². The maximum atomic E-state index is 12.5. The van der Waals surface area contributed by atoms with E-state index in [0.29, 0.717) is 33.3 Å². The van der Waals surface area contributed by atoms with Gasteiger partial charge in [0.1, 0.15) is 16.1 Å². The van der Waals surface area contributed by atoms with E-state index in [1.807, 2.05) is 0 Å². The van der Waals surface area contributed by atoms with Crippen molar-refractivity contribution in [2.75, 3.05) is 18.5 Å². The number of fused-ring (bicyclic) bond motifs is 1. The number of anilines is 1. The smallest absolute Gasteiger partial charge is 0.228 e. The van der Waals surface area contributed by atoms with Crippen molar-refractivity contribution in [2.24, 2.45) is 17.8 Å². The van der Waals surface area contributed by atoms with Gasteiger partial charge < -0.3 is 10.1 Å². The van der Waals surface area contributed by atoms with E-state index in [4.69, 9.17) is 27.9 Å². The molecule has 1 aliphatic carbocycles. The van der Waals surface area contributed by atoms with Crippen LogP contribution in [-0.2, 0) is 9.53 Å². The summed E-state index contributed by atoms with van der Waals surface area (Å²) in [7, 11) is 0. The lowest BCUT2D eigenvalue weighted by molar-refractivity contribution is -0.117. The summed E-state index contributed by atoms with van der Waals surface area (Å²) in [6.07, 6.45) is 4.70. The van der Waals surface area contributed by atoms with Gasteiger partial charge in [0.25, 0.3) is 0 Å². The molecule has 126 valence electrons. The molecule has 5 nitrogen and oxygen atoms in total. The van der Waals surface area contributed by atoms with Crippen molar-refractivity contribution in [3.05, 3.63) is 28.6 Å². The molecule has 0 spiro atoms. The van der Waals surface area contributed by atoms with Crippen LogP contribution in [0.2, 0.25) is 10.3 Å². The number of ether oxygens (including phenoxy) is 1. The summed E-state index contributed by atoms with van der Waals surface area (Å²) in [6.45, 7) is 1.63. The zero-order valence-corrected chi connectivity index (χ0v) is 14.5. The third-order valence-corrected chi connectivity index (χ3v) is 5.42. The number of nitrogens with one attached hydrogen (secondary N) is 1. The fourth-order valence-electron chi connectivity index (χ4n) is 3.55. The van der Waals surface area contributed by atoms with E-state index in [-0.39, 0.29) is 11.8 Å². The molecular weight excluding hydrogens is 349 g/mol. The standard InChI is InChI=1S/C17H17Cl2N3O2/c18-14-5-10-6-15(20-8-13(10)16(19)21-14)22-17(23)12-7-11(12)9-1-3-24-4-2-9/h5-6,8-9,11-12H,1-4,7H2,(H,20,22,23)/t11?,12-/m0/s1. The highest BCUT2D eigenvalue weighted by Crippen LogP contribution is 2.48. The Morgan fingerprint density at radius 1 is 1.25 bits per heavy atom. The third kappa shape index (κ3) is 3.21. The highest BCUT2D eigenvalue weighted by molar-refractivity contribution is 6.36. The monoisotopic (exact) mass is 365 g/mol. The average molecular weight is 366 g/mol. The van der Waals surface area contributed by atoms with Gasteiger partial charge in [0, 0.05) is 30.7 Å². The molecule has 1 unspecified atom stereocenters. The first-order valence-corrected chi connectivity index (χ1v) is 8.88. The molecule has 2 fully saturated rings. The Morgan fingerprint density at radius 3 is 2.83 bits per heavy atom. The van der Waals surface area contributed by atoms with Gasteiger partial charge in [0.2, 0.25) is 5.91 Å². The number of halogens is 2. The quantitative estimate of drug-likeness (QED) is 0.836. The van der Waals surface area contributed by atoms with Gasteiger partial charge in [-0.2, -0.15) is 0 Å². The Bertz CT molecular complexity index is 793. The van der Waals surface area contributed by atoms with Crippen molar-refractivity contribution in [1.82, 2.24) is 9.97 Å². The zero-order valence-electron chi connectivity index (χ0n) is 13.0. The second kappa shape index (κ2) is 6.47. The Kier molecular flexibility index (Phi) is 4.33. The largest absolute Gasteiger partial charge is 0.381 e. The topological polar surface area (TPSA) is 64.1 Å². The van der Waals surface area contributed by atoms with Gasteiger partial charge >= 0.3 is 0 Å². The van der Waals surface area contributed by atoms with Crippen LogP contribution in [0.5, 0.6) is 0 Å². The fraction of sp³-hybridized carbons (Fsp3) is 0.471. The molecule has 1 amide bonds. The number of carbonyl (C=O) groups is 1. The molecule has 1 N–H and O–H groups in total. The molecule has 0 aromatic carbocycles. The molecule has 3 heterocycles. The van der Waals surface area contributed by atoms with Crippen molar-refractivity contribution >= 4 is 45.7 Å². The zero-order chi connectivity index (χ0) is 16.7. The molecule has 2 atom stereocenters. The normalized spacial score (nSPS) is 24.1. The summed E-state index contributed by atoms with van der Waals surface area (Å²) in [5, 5.41) is 5.06. The number of hydrogen-bond acceptors (Lipinski definition) is 4. The van der Waals surface area contributed by atoms with Crippen LogP contribution < -0.4 is 5.32 Å². The Labute approximate surface area is 149 Å².